The molecule has 3 heteroatoms. The summed E-state index contributed by atoms with van der Waals surface area (Å²) >= 11 is 0. The van der Waals surface area contributed by atoms with Gasteiger partial charge in [0.25, 0.3) is 0 Å². The van der Waals surface area contributed by atoms with Crippen molar-refractivity contribution in [2.45, 2.75) is 64.4 Å². The maximum absolute atomic E-state index is 10.7. The Bertz CT molecular complexity index is 528. The highest BCUT2D eigenvalue weighted by atomic mass is 16.5. The van der Waals surface area contributed by atoms with Crippen LogP contribution in [0.2, 0.25) is 0 Å². The molecule has 0 aliphatic heterocycles. The Balaban J connectivity index is 2.86. The van der Waals surface area contributed by atoms with E-state index in [2.05, 4.69) is 27.7 Å². The summed E-state index contributed by atoms with van der Waals surface area (Å²) in [5.41, 5.74) is 2.41. The molecule has 0 saturated carbocycles. The molecule has 0 spiro atoms. The van der Waals surface area contributed by atoms with Crippen LogP contribution in [0.5, 0.6) is 11.5 Å². The molecule has 1 atom stereocenters. The van der Waals surface area contributed by atoms with E-state index in [1.54, 1.807) is 20.1 Å². The lowest BCUT2D eigenvalue weighted by molar-refractivity contribution is 0.192. The van der Waals surface area contributed by atoms with Crippen LogP contribution < -0.4 is 4.74 Å². The molecule has 2 rings (SSSR count). The Hall–Kier alpha value is -1.22. The number of hydrogen-bond acceptors (Lipinski definition) is 3. The highest BCUT2D eigenvalue weighted by Gasteiger charge is 2.42. The predicted octanol–water partition coefficient (Wildman–Crippen LogP) is 3.80. The van der Waals surface area contributed by atoms with Gasteiger partial charge in [0.1, 0.15) is 11.5 Å². The smallest absolute Gasteiger partial charge is 0.125 e. The zero-order valence-electron chi connectivity index (χ0n) is 13.4. The minimum atomic E-state index is -0.713. The molecule has 0 amide bonds. The van der Waals surface area contributed by atoms with E-state index in [4.69, 9.17) is 4.74 Å². The molecule has 3 nitrogen and oxygen atoms in total. The van der Waals surface area contributed by atoms with E-state index < -0.39 is 6.10 Å². The molecule has 1 unspecified atom stereocenters. The third-order valence-electron chi connectivity index (χ3n) is 4.69. The summed E-state index contributed by atoms with van der Waals surface area (Å²) in [6.07, 6.45) is 1.35. The topological polar surface area (TPSA) is 49.7 Å². The zero-order valence-corrected chi connectivity index (χ0v) is 13.4. The maximum Gasteiger partial charge on any atom is 0.125 e. The number of aliphatic hydroxyl groups excluding tert-OH is 1. The second-order valence-corrected chi connectivity index (χ2v) is 7.21. The van der Waals surface area contributed by atoms with Gasteiger partial charge in [-0.25, -0.2) is 0 Å². The highest BCUT2D eigenvalue weighted by Crippen LogP contribution is 2.54. The quantitative estimate of drug-likeness (QED) is 0.865. The third-order valence-corrected chi connectivity index (χ3v) is 4.69. The molecular weight excluding hydrogens is 252 g/mol. The first-order valence-electron chi connectivity index (χ1n) is 7.24. The van der Waals surface area contributed by atoms with Gasteiger partial charge in [-0.15, -0.1) is 0 Å². The number of benzene rings is 1. The molecule has 0 saturated heterocycles. The first-order chi connectivity index (χ1) is 9.12. The summed E-state index contributed by atoms with van der Waals surface area (Å²) in [5.74, 6) is 1.00. The minimum Gasteiger partial charge on any atom is -0.507 e. The van der Waals surface area contributed by atoms with Crippen molar-refractivity contribution in [1.82, 2.24) is 0 Å². The Morgan fingerprint density at radius 3 is 2.05 bits per heavy atom. The molecule has 1 aromatic rings. The lowest BCUT2D eigenvalue weighted by atomic mass is 9.62. The van der Waals surface area contributed by atoms with E-state index in [-0.39, 0.29) is 16.6 Å². The molecule has 0 fully saturated rings. The van der Waals surface area contributed by atoms with Gasteiger partial charge in [0.05, 0.1) is 13.2 Å². The van der Waals surface area contributed by atoms with Gasteiger partial charge in [0.15, 0.2) is 0 Å². The number of aromatic hydroxyl groups is 1. The molecule has 2 N–H and O–H groups in total. The van der Waals surface area contributed by atoms with Gasteiger partial charge in [-0.3, -0.25) is 0 Å². The van der Waals surface area contributed by atoms with E-state index in [9.17, 15) is 10.2 Å². The highest BCUT2D eigenvalue weighted by molar-refractivity contribution is 5.60. The number of hydrogen-bond donors (Lipinski definition) is 2. The molecule has 20 heavy (non-hydrogen) atoms. The maximum atomic E-state index is 10.7. The second kappa shape index (κ2) is 4.66. The van der Waals surface area contributed by atoms with Crippen LogP contribution in [0.1, 0.15) is 70.3 Å². The monoisotopic (exact) mass is 278 g/mol. The average Bonchev–Trinajstić information content (AvgIpc) is 2.34. The fraction of sp³-hybridized carbons (Fsp3) is 0.647. The fourth-order valence-electron chi connectivity index (χ4n) is 3.35. The van der Waals surface area contributed by atoms with Crippen molar-refractivity contribution in [2.24, 2.45) is 0 Å². The van der Waals surface area contributed by atoms with Gasteiger partial charge in [-0.2, -0.15) is 0 Å². The van der Waals surface area contributed by atoms with Gasteiger partial charge < -0.3 is 14.9 Å². The van der Waals surface area contributed by atoms with Gasteiger partial charge in [0, 0.05) is 16.7 Å². The van der Waals surface area contributed by atoms with Crippen molar-refractivity contribution < 1.29 is 14.9 Å². The van der Waals surface area contributed by atoms with Gasteiger partial charge in [0.2, 0.25) is 0 Å². The molecule has 0 heterocycles. The number of methoxy groups -OCH3 is 1. The standard InChI is InChI=1S/C17H26O3/c1-10(18)11-9-12(20-6)13-14(15(11)19)17(4,5)8-7-16(13,2)3/h9-10,18-19H,7-8H2,1-6H3. The first-order valence-corrected chi connectivity index (χ1v) is 7.24. The van der Waals surface area contributed by atoms with Gasteiger partial charge in [-0.05, 0) is 36.7 Å². The number of phenols is 1. The Labute approximate surface area is 121 Å². The van der Waals surface area contributed by atoms with Crippen molar-refractivity contribution in [1.29, 1.82) is 0 Å². The summed E-state index contributed by atoms with van der Waals surface area (Å²) < 4.78 is 5.57. The Morgan fingerprint density at radius 2 is 1.60 bits per heavy atom. The number of fused-ring (bicyclic) bond motifs is 1. The first kappa shape index (κ1) is 15.2. The summed E-state index contributed by atoms with van der Waals surface area (Å²) in [7, 11) is 1.65. The van der Waals surface area contributed by atoms with Crippen LogP contribution in [0.15, 0.2) is 6.07 Å². The molecule has 0 radical (unpaired) electrons. The summed E-state index contributed by atoms with van der Waals surface area (Å²) in [6, 6.07) is 1.78. The van der Waals surface area contributed by atoms with Crippen molar-refractivity contribution in [3.8, 4) is 11.5 Å². The lowest BCUT2D eigenvalue weighted by Crippen LogP contribution is -2.34. The van der Waals surface area contributed by atoms with Crippen molar-refractivity contribution >= 4 is 0 Å². The van der Waals surface area contributed by atoms with E-state index >= 15 is 0 Å². The molecule has 112 valence electrons. The van der Waals surface area contributed by atoms with Crippen LogP contribution in [0.4, 0.5) is 0 Å². The SMILES string of the molecule is COc1cc(C(C)O)c(O)c2c1C(C)(C)CCC2(C)C. The van der Waals surface area contributed by atoms with E-state index in [1.165, 1.54) is 0 Å². The number of ether oxygens (including phenoxy) is 1. The molecule has 0 aromatic heterocycles. The molecule has 1 aliphatic carbocycles. The van der Waals surface area contributed by atoms with E-state index in [0.717, 1.165) is 29.7 Å². The van der Waals surface area contributed by atoms with Gasteiger partial charge in [-0.1, -0.05) is 27.7 Å². The molecule has 0 bridgehead atoms. The number of aliphatic hydroxyl groups is 1. The molecular formula is C17H26O3. The second-order valence-electron chi connectivity index (χ2n) is 7.21. The average molecular weight is 278 g/mol. The Kier molecular flexibility index (Phi) is 3.53. The van der Waals surface area contributed by atoms with Crippen LogP contribution in [0.25, 0.3) is 0 Å². The van der Waals surface area contributed by atoms with Gasteiger partial charge >= 0.3 is 0 Å². The van der Waals surface area contributed by atoms with Crippen molar-refractivity contribution in [3.05, 3.63) is 22.8 Å². The van der Waals surface area contributed by atoms with E-state index in [0.29, 0.717) is 5.56 Å². The largest absolute Gasteiger partial charge is 0.507 e. The molecule has 1 aromatic carbocycles. The number of rotatable bonds is 2. The van der Waals surface area contributed by atoms with Crippen LogP contribution in [-0.4, -0.2) is 17.3 Å². The predicted molar refractivity (Wildman–Crippen MR) is 80.6 cm³/mol. The van der Waals surface area contributed by atoms with Crippen LogP contribution in [0.3, 0.4) is 0 Å². The fourth-order valence-corrected chi connectivity index (χ4v) is 3.35. The third kappa shape index (κ3) is 2.18. The van der Waals surface area contributed by atoms with Crippen LogP contribution >= 0.6 is 0 Å². The summed E-state index contributed by atoms with van der Waals surface area (Å²) in [5, 5.41) is 20.6. The van der Waals surface area contributed by atoms with E-state index in [1.807, 2.05) is 0 Å². The molecule has 1 aliphatic rings. The van der Waals surface area contributed by atoms with Crippen LogP contribution in [0, 0.1) is 0 Å². The lowest BCUT2D eigenvalue weighted by Gasteiger charge is -2.43. The minimum absolute atomic E-state index is 0.0368. The summed E-state index contributed by atoms with van der Waals surface area (Å²) in [6.45, 7) is 10.3. The van der Waals surface area contributed by atoms with Crippen molar-refractivity contribution in [3.63, 3.8) is 0 Å². The van der Waals surface area contributed by atoms with Crippen molar-refractivity contribution in [2.75, 3.05) is 7.11 Å². The normalized spacial score (nSPS) is 21.1. The Morgan fingerprint density at radius 1 is 1.10 bits per heavy atom. The van der Waals surface area contributed by atoms with Crippen LogP contribution in [-0.2, 0) is 10.8 Å². The zero-order chi connectivity index (χ0) is 15.3. The summed E-state index contributed by atoms with van der Waals surface area (Å²) in [4.78, 5) is 0. The number of phenolic OH excluding ortho intramolecular Hbond substituents is 1.